The lowest BCUT2D eigenvalue weighted by Crippen LogP contribution is -2.29. The molecule has 4 N–H and O–H groups in total. The summed E-state index contributed by atoms with van der Waals surface area (Å²) < 4.78 is 0.581. The Balaban J connectivity index is 1.96. The molecule has 1 aromatic carbocycles. The minimum Gasteiger partial charge on any atom is -0.505 e. The van der Waals surface area contributed by atoms with Gasteiger partial charge in [0.25, 0.3) is 0 Å². The van der Waals surface area contributed by atoms with Gasteiger partial charge in [-0.3, -0.25) is 4.79 Å². The number of hydrogen-bond donors (Lipinski definition) is 3. The summed E-state index contributed by atoms with van der Waals surface area (Å²) in [5.41, 5.74) is 6.10. The van der Waals surface area contributed by atoms with E-state index in [4.69, 9.17) is 5.73 Å². The third-order valence-corrected chi connectivity index (χ3v) is 4.44. The van der Waals surface area contributed by atoms with Gasteiger partial charge in [0.15, 0.2) is 5.75 Å². The van der Waals surface area contributed by atoms with Crippen LogP contribution in [-0.2, 0) is 4.79 Å². The van der Waals surface area contributed by atoms with Gasteiger partial charge in [-0.1, -0.05) is 6.07 Å². The van der Waals surface area contributed by atoms with Gasteiger partial charge in [-0.2, -0.15) is 0 Å². The Morgan fingerprint density at radius 1 is 1.37 bits per heavy atom. The number of anilines is 1. The first-order valence-electron chi connectivity index (χ1n) is 6.60. The largest absolute Gasteiger partial charge is 0.505 e. The Labute approximate surface area is 121 Å². The molecule has 0 spiro atoms. The number of amides is 1. The number of halogens is 1. The molecule has 1 amide bonds. The van der Waals surface area contributed by atoms with E-state index in [-0.39, 0.29) is 17.6 Å². The first-order chi connectivity index (χ1) is 9.11. The van der Waals surface area contributed by atoms with Crippen molar-refractivity contribution in [2.45, 2.75) is 25.7 Å². The molecular weight excluding hydrogens is 308 g/mol. The summed E-state index contributed by atoms with van der Waals surface area (Å²) >= 11 is 3.23. The number of benzene rings is 1. The van der Waals surface area contributed by atoms with Crippen LogP contribution in [0.2, 0.25) is 0 Å². The zero-order valence-corrected chi connectivity index (χ0v) is 12.3. The van der Waals surface area contributed by atoms with Crippen molar-refractivity contribution in [2.75, 3.05) is 11.9 Å². The zero-order valence-electron chi connectivity index (χ0n) is 10.7. The standard InChI is InChI=1S/C14H19BrN2O2/c15-11-2-1-3-12(13(11)18)17-14(19)10-6-4-9(8-16)5-7-10/h1-3,9-10,18H,4-8,16H2,(H,17,19). The molecule has 0 aromatic heterocycles. The normalized spacial score (nSPS) is 23.1. The SMILES string of the molecule is NCC1CCC(C(=O)Nc2cccc(Br)c2O)CC1. The molecule has 2 rings (SSSR count). The average Bonchev–Trinajstić information content (AvgIpc) is 2.44. The number of carbonyl (C=O) groups is 1. The van der Waals surface area contributed by atoms with Gasteiger partial charge in [0, 0.05) is 5.92 Å². The number of nitrogens with two attached hydrogens (primary N) is 1. The number of hydrogen-bond acceptors (Lipinski definition) is 3. The number of phenolic OH excluding ortho intramolecular Hbond substituents is 1. The summed E-state index contributed by atoms with van der Waals surface area (Å²) in [5, 5.41) is 12.7. The molecule has 0 saturated heterocycles. The second-order valence-electron chi connectivity index (χ2n) is 5.08. The van der Waals surface area contributed by atoms with Gasteiger partial charge in [-0.05, 0) is 66.2 Å². The summed E-state index contributed by atoms with van der Waals surface area (Å²) in [6.07, 6.45) is 3.78. The van der Waals surface area contributed by atoms with Crippen molar-refractivity contribution in [1.29, 1.82) is 0 Å². The van der Waals surface area contributed by atoms with E-state index in [1.807, 2.05) is 0 Å². The van der Waals surface area contributed by atoms with E-state index in [0.717, 1.165) is 25.7 Å². The van der Waals surface area contributed by atoms with Crippen molar-refractivity contribution in [3.63, 3.8) is 0 Å². The van der Waals surface area contributed by atoms with E-state index in [1.54, 1.807) is 18.2 Å². The molecule has 0 bridgehead atoms. The molecule has 0 aliphatic heterocycles. The molecule has 104 valence electrons. The van der Waals surface area contributed by atoms with Crippen molar-refractivity contribution in [3.8, 4) is 5.75 Å². The van der Waals surface area contributed by atoms with E-state index in [2.05, 4.69) is 21.2 Å². The van der Waals surface area contributed by atoms with Crippen LogP contribution in [0.5, 0.6) is 5.75 Å². The maximum atomic E-state index is 12.2. The number of rotatable bonds is 3. The van der Waals surface area contributed by atoms with Gasteiger partial charge < -0.3 is 16.2 Å². The maximum Gasteiger partial charge on any atom is 0.227 e. The Hall–Kier alpha value is -1.07. The molecule has 0 radical (unpaired) electrons. The third-order valence-electron chi connectivity index (χ3n) is 3.80. The molecule has 1 aliphatic carbocycles. The predicted molar refractivity (Wildman–Crippen MR) is 78.9 cm³/mol. The smallest absolute Gasteiger partial charge is 0.227 e. The molecule has 19 heavy (non-hydrogen) atoms. The van der Waals surface area contributed by atoms with Crippen molar-refractivity contribution < 1.29 is 9.90 Å². The fourth-order valence-corrected chi connectivity index (χ4v) is 2.88. The Morgan fingerprint density at radius 3 is 2.68 bits per heavy atom. The zero-order chi connectivity index (χ0) is 13.8. The quantitative estimate of drug-likeness (QED) is 0.747. The number of nitrogens with one attached hydrogen (secondary N) is 1. The summed E-state index contributed by atoms with van der Waals surface area (Å²) in [6, 6.07) is 5.21. The van der Waals surface area contributed by atoms with Gasteiger partial charge in [0.1, 0.15) is 0 Å². The van der Waals surface area contributed by atoms with Crippen LogP contribution in [-0.4, -0.2) is 17.6 Å². The van der Waals surface area contributed by atoms with Gasteiger partial charge in [0.05, 0.1) is 10.2 Å². The van der Waals surface area contributed by atoms with Crippen LogP contribution in [0.3, 0.4) is 0 Å². The van der Waals surface area contributed by atoms with E-state index in [0.29, 0.717) is 22.6 Å². The number of aromatic hydroxyl groups is 1. The van der Waals surface area contributed by atoms with Crippen molar-refractivity contribution in [3.05, 3.63) is 22.7 Å². The molecule has 5 heteroatoms. The van der Waals surface area contributed by atoms with Gasteiger partial charge in [-0.15, -0.1) is 0 Å². The fraction of sp³-hybridized carbons (Fsp3) is 0.500. The van der Waals surface area contributed by atoms with Gasteiger partial charge in [0.2, 0.25) is 5.91 Å². The number of phenols is 1. The van der Waals surface area contributed by atoms with E-state index in [1.165, 1.54) is 0 Å². The highest BCUT2D eigenvalue weighted by Crippen LogP contribution is 2.33. The topological polar surface area (TPSA) is 75.4 Å². The molecule has 0 unspecified atom stereocenters. The summed E-state index contributed by atoms with van der Waals surface area (Å²) in [4.78, 5) is 12.2. The second-order valence-corrected chi connectivity index (χ2v) is 5.93. The van der Waals surface area contributed by atoms with Crippen LogP contribution >= 0.6 is 15.9 Å². The van der Waals surface area contributed by atoms with Crippen LogP contribution in [0.4, 0.5) is 5.69 Å². The lowest BCUT2D eigenvalue weighted by Gasteiger charge is -2.26. The Kier molecular flexibility index (Phi) is 4.82. The van der Waals surface area contributed by atoms with E-state index < -0.39 is 0 Å². The molecule has 1 fully saturated rings. The Morgan fingerprint density at radius 2 is 2.05 bits per heavy atom. The molecule has 1 aromatic rings. The summed E-state index contributed by atoms with van der Waals surface area (Å²) in [6.45, 7) is 0.709. The van der Waals surface area contributed by atoms with Crippen molar-refractivity contribution >= 4 is 27.5 Å². The minimum atomic E-state index is -0.0103. The molecule has 0 heterocycles. The maximum absolute atomic E-state index is 12.2. The fourth-order valence-electron chi connectivity index (χ4n) is 2.51. The van der Waals surface area contributed by atoms with Crippen LogP contribution in [0.1, 0.15) is 25.7 Å². The van der Waals surface area contributed by atoms with Crippen molar-refractivity contribution in [1.82, 2.24) is 0 Å². The summed E-state index contributed by atoms with van der Waals surface area (Å²) in [5.74, 6) is 0.653. The third kappa shape index (κ3) is 3.48. The van der Waals surface area contributed by atoms with Crippen LogP contribution in [0.15, 0.2) is 22.7 Å². The van der Waals surface area contributed by atoms with Gasteiger partial charge >= 0.3 is 0 Å². The van der Waals surface area contributed by atoms with Crippen molar-refractivity contribution in [2.24, 2.45) is 17.6 Å². The first kappa shape index (κ1) is 14.3. The lowest BCUT2D eigenvalue weighted by atomic mass is 9.81. The van der Waals surface area contributed by atoms with E-state index >= 15 is 0 Å². The molecule has 1 aliphatic rings. The molecular formula is C14H19BrN2O2. The highest BCUT2D eigenvalue weighted by Gasteiger charge is 2.26. The molecule has 0 atom stereocenters. The molecule has 4 nitrogen and oxygen atoms in total. The highest BCUT2D eigenvalue weighted by atomic mass is 79.9. The lowest BCUT2D eigenvalue weighted by molar-refractivity contribution is -0.121. The summed E-state index contributed by atoms with van der Waals surface area (Å²) in [7, 11) is 0. The Bertz CT molecular complexity index is 457. The highest BCUT2D eigenvalue weighted by molar-refractivity contribution is 9.10. The van der Waals surface area contributed by atoms with Crippen LogP contribution in [0, 0.1) is 11.8 Å². The number of para-hydroxylation sites is 1. The van der Waals surface area contributed by atoms with Gasteiger partial charge in [-0.25, -0.2) is 0 Å². The monoisotopic (exact) mass is 326 g/mol. The minimum absolute atomic E-state index is 0.0103. The first-order valence-corrected chi connectivity index (χ1v) is 7.39. The van der Waals surface area contributed by atoms with Crippen LogP contribution < -0.4 is 11.1 Å². The second kappa shape index (κ2) is 6.39. The predicted octanol–water partition coefficient (Wildman–Crippen LogP) is 2.86. The van der Waals surface area contributed by atoms with Crippen LogP contribution in [0.25, 0.3) is 0 Å². The molecule has 1 saturated carbocycles. The number of carbonyl (C=O) groups excluding carboxylic acids is 1. The van der Waals surface area contributed by atoms with E-state index in [9.17, 15) is 9.90 Å². The average molecular weight is 327 g/mol.